The number of aryl methyl sites for hydroxylation is 2. The summed E-state index contributed by atoms with van der Waals surface area (Å²) in [5.41, 5.74) is 3.18. The first-order valence-electron chi connectivity index (χ1n) is 6.20. The van der Waals surface area contributed by atoms with Crippen LogP contribution in [0.2, 0.25) is 0 Å². The SMILES string of the molecule is Cc1ccc([C@H]2Cn3nc(C)c(C(=O)O)c3N2)cc1. The monoisotopic (exact) mass is 257 g/mol. The lowest BCUT2D eigenvalue weighted by atomic mass is 10.1. The number of carbonyl (C=O) groups is 1. The molecule has 3 rings (SSSR count). The molecular formula is C14H15N3O2. The molecule has 0 fully saturated rings. The van der Waals surface area contributed by atoms with Gasteiger partial charge in [0.25, 0.3) is 0 Å². The summed E-state index contributed by atoms with van der Waals surface area (Å²) in [7, 11) is 0. The van der Waals surface area contributed by atoms with Crippen molar-refractivity contribution in [3.63, 3.8) is 0 Å². The maximum absolute atomic E-state index is 11.2. The summed E-state index contributed by atoms with van der Waals surface area (Å²) < 4.78 is 1.74. The fraction of sp³-hybridized carbons (Fsp3) is 0.286. The summed E-state index contributed by atoms with van der Waals surface area (Å²) in [5.74, 6) is -0.327. The summed E-state index contributed by atoms with van der Waals surface area (Å²) in [6.45, 7) is 4.42. The smallest absolute Gasteiger partial charge is 0.341 e. The van der Waals surface area contributed by atoms with Gasteiger partial charge in [-0.15, -0.1) is 0 Å². The molecule has 5 nitrogen and oxygen atoms in total. The van der Waals surface area contributed by atoms with Crippen molar-refractivity contribution in [3.8, 4) is 0 Å². The molecule has 0 saturated heterocycles. The van der Waals surface area contributed by atoms with Crippen LogP contribution in [-0.2, 0) is 6.54 Å². The zero-order chi connectivity index (χ0) is 13.6. The lowest BCUT2D eigenvalue weighted by Gasteiger charge is -2.11. The Morgan fingerprint density at radius 2 is 2.05 bits per heavy atom. The quantitative estimate of drug-likeness (QED) is 0.866. The number of carboxylic acids is 1. The number of hydrogen-bond acceptors (Lipinski definition) is 3. The van der Waals surface area contributed by atoms with Crippen LogP contribution in [0.5, 0.6) is 0 Å². The predicted octanol–water partition coefficient (Wildman–Crippen LogP) is 2.36. The number of carboxylic acid groups (broad SMARTS) is 1. The third-order valence-corrected chi connectivity index (χ3v) is 3.49. The number of nitrogens with zero attached hydrogens (tertiary/aromatic N) is 2. The van der Waals surface area contributed by atoms with Gasteiger partial charge in [-0.05, 0) is 19.4 Å². The highest BCUT2D eigenvalue weighted by molar-refractivity contribution is 5.95. The van der Waals surface area contributed by atoms with Crippen LogP contribution in [0.4, 0.5) is 5.82 Å². The summed E-state index contributed by atoms with van der Waals surface area (Å²) >= 11 is 0. The van der Waals surface area contributed by atoms with Gasteiger partial charge in [0.2, 0.25) is 0 Å². The maximum Gasteiger partial charge on any atom is 0.341 e. The Morgan fingerprint density at radius 1 is 1.37 bits per heavy atom. The molecule has 98 valence electrons. The van der Waals surface area contributed by atoms with Crippen molar-refractivity contribution >= 4 is 11.8 Å². The molecule has 0 radical (unpaired) electrons. The largest absolute Gasteiger partial charge is 0.477 e. The summed E-state index contributed by atoms with van der Waals surface area (Å²) in [6.07, 6.45) is 0. The molecule has 0 unspecified atom stereocenters. The van der Waals surface area contributed by atoms with Crippen molar-refractivity contribution in [2.45, 2.75) is 26.4 Å². The van der Waals surface area contributed by atoms with Crippen molar-refractivity contribution < 1.29 is 9.90 Å². The topological polar surface area (TPSA) is 67.2 Å². The minimum Gasteiger partial charge on any atom is -0.477 e. The molecule has 1 aliphatic rings. The maximum atomic E-state index is 11.2. The minimum absolute atomic E-state index is 0.0850. The van der Waals surface area contributed by atoms with Crippen molar-refractivity contribution in [3.05, 3.63) is 46.6 Å². The van der Waals surface area contributed by atoms with Crippen LogP contribution >= 0.6 is 0 Å². The Balaban J connectivity index is 1.92. The third kappa shape index (κ3) is 1.87. The van der Waals surface area contributed by atoms with E-state index in [-0.39, 0.29) is 11.6 Å². The fourth-order valence-corrected chi connectivity index (χ4v) is 2.49. The average Bonchev–Trinajstić information content (AvgIpc) is 2.85. The zero-order valence-electron chi connectivity index (χ0n) is 10.8. The molecule has 0 aliphatic carbocycles. The second kappa shape index (κ2) is 4.12. The number of fused-ring (bicyclic) bond motifs is 1. The lowest BCUT2D eigenvalue weighted by molar-refractivity contribution is 0.0697. The number of rotatable bonds is 2. The number of benzene rings is 1. The van der Waals surface area contributed by atoms with Gasteiger partial charge in [-0.2, -0.15) is 5.10 Å². The Hall–Kier alpha value is -2.30. The highest BCUT2D eigenvalue weighted by Crippen LogP contribution is 2.32. The molecular weight excluding hydrogens is 242 g/mol. The van der Waals surface area contributed by atoms with E-state index < -0.39 is 5.97 Å². The Morgan fingerprint density at radius 3 is 2.68 bits per heavy atom. The zero-order valence-corrected chi connectivity index (χ0v) is 10.8. The van der Waals surface area contributed by atoms with E-state index in [4.69, 9.17) is 0 Å². The molecule has 1 atom stereocenters. The van der Waals surface area contributed by atoms with Crippen molar-refractivity contribution in [1.82, 2.24) is 9.78 Å². The molecule has 1 aromatic heterocycles. The van der Waals surface area contributed by atoms with Crippen LogP contribution in [0.3, 0.4) is 0 Å². The van der Waals surface area contributed by atoms with Gasteiger partial charge in [0.1, 0.15) is 11.4 Å². The molecule has 2 N–H and O–H groups in total. The predicted molar refractivity (Wildman–Crippen MR) is 71.5 cm³/mol. The van der Waals surface area contributed by atoms with E-state index >= 15 is 0 Å². The standard InChI is InChI=1S/C14H15N3O2/c1-8-3-5-10(6-4-8)11-7-17-13(15-11)12(14(18)19)9(2)16-17/h3-6,11,15H,7H2,1-2H3,(H,18,19)/t11-/m1/s1. The van der Waals surface area contributed by atoms with E-state index in [1.54, 1.807) is 11.6 Å². The first-order valence-corrected chi connectivity index (χ1v) is 6.20. The van der Waals surface area contributed by atoms with Crippen LogP contribution in [0.25, 0.3) is 0 Å². The molecule has 0 amide bonds. The van der Waals surface area contributed by atoms with E-state index in [2.05, 4.69) is 34.7 Å². The van der Waals surface area contributed by atoms with Gasteiger partial charge in [-0.25, -0.2) is 9.48 Å². The number of aromatic nitrogens is 2. The van der Waals surface area contributed by atoms with Gasteiger partial charge >= 0.3 is 5.97 Å². The molecule has 1 aliphatic heterocycles. The first-order chi connectivity index (χ1) is 9.06. The van der Waals surface area contributed by atoms with Gasteiger partial charge in [0.05, 0.1) is 18.3 Å². The Bertz CT molecular complexity index is 643. The van der Waals surface area contributed by atoms with Crippen LogP contribution in [0, 0.1) is 13.8 Å². The second-order valence-electron chi connectivity index (χ2n) is 4.90. The summed E-state index contributed by atoms with van der Waals surface area (Å²) in [6, 6.07) is 8.32. The Kier molecular flexibility index (Phi) is 2.55. The van der Waals surface area contributed by atoms with Crippen LogP contribution in [-0.4, -0.2) is 20.9 Å². The van der Waals surface area contributed by atoms with Gasteiger partial charge < -0.3 is 10.4 Å². The number of hydrogen-bond donors (Lipinski definition) is 2. The van der Waals surface area contributed by atoms with Crippen LogP contribution in [0.15, 0.2) is 24.3 Å². The van der Waals surface area contributed by atoms with E-state index in [0.717, 1.165) is 5.56 Å². The van der Waals surface area contributed by atoms with E-state index in [1.165, 1.54) is 5.56 Å². The molecule has 2 aromatic rings. The minimum atomic E-state index is -0.934. The first kappa shape index (κ1) is 11.8. The van der Waals surface area contributed by atoms with Gasteiger partial charge in [-0.1, -0.05) is 29.8 Å². The molecule has 19 heavy (non-hydrogen) atoms. The highest BCUT2D eigenvalue weighted by Gasteiger charge is 2.30. The van der Waals surface area contributed by atoms with E-state index in [0.29, 0.717) is 18.1 Å². The van der Waals surface area contributed by atoms with Crippen molar-refractivity contribution in [2.24, 2.45) is 0 Å². The van der Waals surface area contributed by atoms with E-state index in [9.17, 15) is 9.90 Å². The molecule has 0 bridgehead atoms. The highest BCUT2D eigenvalue weighted by atomic mass is 16.4. The van der Waals surface area contributed by atoms with Crippen molar-refractivity contribution in [1.29, 1.82) is 0 Å². The molecule has 0 spiro atoms. The van der Waals surface area contributed by atoms with Gasteiger partial charge in [0, 0.05) is 0 Å². The summed E-state index contributed by atoms with van der Waals surface area (Å²) in [5, 5.41) is 16.8. The number of nitrogens with one attached hydrogen (secondary N) is 1. The Labute approximate surface area is 110 Å². The van der Waals surface area contributed by atoms with Crippen LogP contribution < -0.4 is 5.32 Å². The van der Waals surface area contributed by atoms with Gasteiger partial charge in [0.15, 0.2) is 0 Å². The molecule has 1 aromatic carbocycles. The second-order valence-corrected chi connectivity index (χ2v) is 4.90. The van der Waals surface area contributed by atoms with Crippen LogP contribution in [0.1, 0.15) is 33.2 Å². The molecule has 0 saturated carbocycles. The third-order valence-electron chi connectivity index (χ3n) is 3.49. The number of aromatic carboxylic acids is 1. The molecule has 2 heterocycles. The summed E-state index contributed by atoms with van der Waals surface area (Å²) in [4.78, 5) is 11.2. The van der Waals surface area contributed by atoms with Crippen molar-refractivity contribution in [2.75, 3.05) is 5.32 Å². The average molecular weight is 257 g/mol. The number of anilines is 1. The fourth-order valence-electron chi connectivity index (χ4n) is 2.49. The normalized spacial score (nSPS) is 17.1. The van der Waals surface area contributed by atoms with Gasteiger partial charge in [-0.3, -0.25) is 0 Å². The molecule has 5 heteroatoms. The van der Waals surface area contributed by atoms with E-state index in [1.807, 2.05) is 6.92 Å². The lowest BCUT2D eigenvalue weighted by Crippen LogP contribution is -2.09.